The number of nitrogens with one attached hydrogen (secondary N) is 1. The standard InChI is InChI=1S/C21H24ClNO3/c1-5-26-21(24)14(2)20(17-6-10-18(22)11-7-17)23-15(3)16-8-12-19(25-4)13-9-16/h6-13,15,20,23H,2,5H2,1,3-4H3/t15-,20+/m1/s1. The van der Waals surface area contributed by atoms with Crippen molar-refractivity contribution in [3.63, 3.8) is 0 Å². The molecule has 2 rings (SSSR count). The molecule has 0 aliphatic carbocycles. The molecule has 0 unspecified atom stereocenters. The predicted octanol–water partition coefficient (Wildman–Crippen LogP) is 4.86. The molecule has 5 heteroatoms. The minimum Gasteiger partial charge on any atom is -0.497 e. The molecule has 0 amide bonds. The van der Waals surface area contributed by atoms with E-state index in [0.29, 0.717) is 17.2 Å². The molecule has 0 heterocycles. The first-order valence-corrected chi connectivity index (χ1v) is 8.85. The summed E-state index contributed by atoms with van der Waals surface area (Å²) in [4.78, 5) is 12.2. The summed E-state index contributed by atoms with van der Waals surface area (Å²) in [6, 6.07) is 14.7. The van der Waals surface area contributed by atoms with Crippen LogP contribution in [0.15, 0.2) is 60.7 Å². The summed E-state index contributed by atoms with van der Waals surface area (Å²) in [6.07, 6.45) is 0. The molecule has 4 nitrogen and oxygen atoms in total. The smallest absolute Gasteiger partial charge is 0.335 e. The van der Waals surface area contributed by atoms with Gasteiger partial charge in [-0.05, 0) is 49.2 Å². The molecule has 1 N–H and O–H groups in total. The summed E-state index contributed by atoms with van der Waals surface area (Å²) < 4.78 is 10.3. The fraction of sp³-hybridized carbons (Fsp3) is 0.286. The van der Waals surface area contributed by atoms with Crippen molar-refractivity contribution >= 4 is 17.6 Å². The van der Waals surface area contributed by atoms with Crippen LogP contribution in [0.1, 0.15) is 37.1 Å². The van der Waals surface area contributed by atoms with E-state index >= 15 is 0 Å². The van der Waals surface area contributed by atoms with E-state index in [1.807, 2.05) is 43.3 Å². The van der Waals surface area contributed by atoms with Gasteiger partial charge in [0.1, 0.15) is 5.75 Å². The van der Waals surface area contributed by atoms with Crippen LogP contribution in [0.5, 0.6) is 5.75 Å². The summed E-state index contributed by atoms with van der Waals surface area (Å²) in [5.41, 5.74) is 2.32. The van der Waals surface area contributed by atoms with Crippen molar-refractivity contribution in [3.05, 3.63) is 76.8 Å². The highest BCUT2D eigenvalue weighted by atomic mass is 35.5. The quantitative estimate of drug-likeness (QED) is 0.530. The van der Waals surface area contributed by atoms with Gasteiger partial charge >= 0.3 is 5.97 Å². The maximum atomic E-state index is 12.2. The number of halogens is 1. The molecule has 138 valence electrons. The van der Waals surface area contributed by atoms with Crippen molar-refractivity contribution in [1.82, 2.24) is 5.32 Å². The highest BCUT2D eigenvalue weighted by Crippen LogP contribution is 2.27. The topological polar surface area (TPSA) is 47.6 Å². The molecule has 0 fully saturated rings. The largest absolute Gasteiger partial charge is 0.497 e. The lowest BCUT2D eigenvalue weighted by Crippen LogP contribution is -2.29. The highest BCUT2D eigenvalue weighted by molar-refractivity contribution is 6.30. The molecule has 2 aromatic carbocycles. The molecule has 0 bridgehead atoms. The Balaban J connectivity index is 2.25. The first-order valence-electron chi connectivity index (χ1n) is 8.47. The van der Waals surface area contributed by atoms with Gasteiger partial charge in [0, 0.05) is 11.1 Å². The molecular formula is C21H24ClNO3. The lowest BCUT2D eigenvalue weighted by Gasteiger charge is -2.25. The SMILES string of the molecule is C=C(C(=O)OCC)[C@H](N[C@H](C)c1ccc(OC)cc1)c1ccc(Cl)cc1. The Kier molecular flexibility index (Phi) is 7.25. The van der Waals surface area contributed by atoms with Crippen LogP contribution >= 0.6 is 11.6 Å². The Hall–Kier alpha value is -2.30. The van der Waals surface area contributed by atoms with E-state index < -0.39 is 5.97 Å². The fourth-order valence-electron chi connectivity index (χ4n) is 2.63. The van der Waals surface area contributed by atoms with Crippen molar-refractivity contribution in [2.45, 2.75) is 25.9 Å². The van der Waals surface area contributed by atoms with Gasteiger partial charge in [-0.2, -0.15) is 0 Å². The number of hydrogen-bond donors (Lipinski definition) is 1. The Morgan fingerprint density at radius 2 is 1.69 bits per heavy atom. The van der Waals surface area contributed by atoms with Crippen molar-refractivity contribution < 1.29 is 14.3 Å². The maximum absolute atomic E-state index is 12.2. The summed E-state index contributed by atoms with van der Waals surface area (Å²) in [7, 11) is 1.64. The summed E-state index contributed by atoms with van der Waals surface area (Å²) >= 11 is 5.99. The minimum absolute atomic E-state index is 0.0206. The molecule has 26 heavy (non-hydrogen) atoms. The van der Waals surface area contributed by atoms with Gasteiger partial charge in [0.15, 0.2) is 0 Å². The van der Waals surface area contributed by atoms with Crippen molar-refractivity contribution in [3.8, 4) is 5.75 Å². The molecule has 0 radical (unpaired) electrons. The molecule has 0 spiro atoms. The third-order valence-electron chi connectivity index (χ3n) is 4.12. The van der Waals surface area contributed by atoms with Gasteiger partial charge in [0.2, 0.25) is 0 Å². The van der Waals surface area contributed by atoms with E-state index in [1.54, 1.807) is 26.2 Å². The van der Waals surface area contributed by atoms with Gasteiger partial charge < -0.3 is 9.47 Å². The molecular weight excluding hydrogens is 350 g/mol. The zero-order valence-corrected chi connectivity index (χ0v) is 16.0. The van der Waals surface area contributed by atoms with E-state index in [2.05, 4.69) is 11.9 Å². The lowest BCUT2D eigenvalue weighted by atomic mass is 9.97. The molecule has 2 atom stereocenters. The first-order chi connectivity index (χ1) is 12.5. The Morgan fingerprint density at radius 1 is 1.12 bits per heavy atom. The van der Waals surface area contributed by atoms with Gasteiger partial charge in [0.25, 0.3) is 0 Å². The molecule has 2 aromatic rings. The van der Waals surface area contributed by atoms with Gasteiger partial charge in [-0.25, -0.2) is 4.79 Å². The Morgan fingerprint density at radius 3 is 2.23 bits per heavy atom. The average molecular weight is 374 g/mol. The van der Waals surface area contributed by atoms with Crippen LogP contribution in [-0.4, -0.2) is 19.7 Å². The average Bonchev–Trinajstić information content (AvgIpc) is 2.66. The predicted molar refractivity (Wildman–Crippen MR) is 105 cm³/mol. The van der Waals surface area contributed by atoms with E-state index in [0.717, 1.165) is 16.9 Å². The van der Waals surface area contributed by atoms with Crippen LogP contribution in [0.25, 0.3) is 0 Å². The number of carbonyl (C=O) groups excluding carboxylic acids is 1. The first kappa shape index (κ1) is 20.0. The zero-order valence-electron chi connectivity index (χ0n) is 15.3. The summed E-state index contributed by atoms with van der Waals surface area (Å²) in [5.74, 6) is 0.382. The summed E-state index contributed by atoms with van der Waals surface area (Å²) in [6.45, 7) is 8.07. The number of methoxy groups -OCH3 is 1. The van der Waals surface area contributed by atoms with E-state index in [1.165, 1.54) is 0 Å². The number of carbonyl (C=O) groups is 1. The van der Waals surface area contributed by atoms with E-state index in [4.69, 9.17) is 21.1 Å². The maximum Gasteiger partial charge on any atom is 0.335 e. The molecule has 0 saturated heterocycles. The molecule has 0 aromatic heterocycles. The van der Waals surface area contributed by atoms with Crippen LogP contribution in [0.3, 0.4) is 0 Å². The second-order valence-electron chi connectivity index (χ2n) is 5.89. The van der Waals surface area contributed by atoms with Crippen LogP contribution in [0.2, 0.25) is 5.02 Å². The van der Waals surface area contributed by atoms with Gasteiger partial charge in [-0.3, -0.25) is 5.32 Å². The second kappa shape index (κ2) is 9.41. The zero-order chi connectivity index (χ0) is 19.1. The van der Waals surface area contributed by atoms with Crippen molar-refractivity contribution in [1.29, 1.82) is 0 Å². The number of benzene rings is 2. The van der Waals surface area contributed by atoms with Crippen LogP contribution in [0.4, 0.5) is 0 Å². The molecule has 0 aliphatic rings. The monoisotopic (exact) mass is 373 g/mol. The summed E-state index contributed by atoms with van der Waals surface area (Å²) in [5, 5.41) is 4.10. The van der Waals surface area contributed by atoms with Crippen LogP contribution in [0, 0.1) is 0 Å². The number of esters is 1. The number of rotatable bonds is 8. The van der Waals surface area contributed by atoms with Crippen LogP contribution in [-0.2, 0) is 9.53 Å². The van der Waals surface area contributed by atoms with Crippen LogP contribution < -0.4 is 10.1 Å². The number of hydrogen-bond acceptors (Lipinski definition) is 4. The fourth-order valence-corrected chi connectivity index (χ4v) is 2.76. The van der Waals surface area contributed by atoms with Crippen molar-refractivity contribution in [2.24, 2.45) is 0 Å². The normalized spacial score (nSPS) is 12.9. The third-order valence-corrected chi connectivity index (χ3v) is 4.37. The lowest BCUT2D eigenvalue weighted by molar-refractivity contribution is -0.138. The van der Waals surface area contributed by atoms with Gasteiger partial charge in [-0.15, -0.1) is 0 Å². The Labute approximate surface area is 159 Å². The second-order valence-corrected chi connectivity index (χ2v) is 6.33. The minimum atomic E-state index is -0.415. The number of ether oxygens (including phenoxy) is 2. The van der Waals surface area contributed by atoms with Crippen molar-refractivity contribution in [2.75, 3.05) is 13.7 Å². The molecule has 0 aliphatic heterocycles. The van der Waals surface area contributed by atoms with E-state index in [-0.39, 0.29) is 12.1 Å². The third kappa shape index (κ3) is 5.10. The van der Waals surface area contributed by atoms with E-state index in [9.17, 15) is 4.79 Å². The van der Waals surface area contributed by atoms with Gasteiger partial charge in [-0.1, -0.05) is 42.4 Å². The highest BCUT2D eigenvalue weighted by Gasteiger charge is 2.24. The molecule has 0 saturated carbocycles. The Bertz CT molecular complexity index is 741. The van der Waals surface area contributed by atoms with Gasteiger partial charge in [0.05, 0.1) is 25.3 Å².